The van der Waals surface area contributed by atoms with Crippen LogP contribution in [0.25, 0.3) is 10.2 Å². The number of hydrogen-bond donors (Lipinski definition) is 2. The highest BCUT2D eigenvalue weighted by molar-refractivity contribution is 7.17. The molecule has 1 aliphatic heterocycles. The number of hydrogen-bond acceptors (Lipinski definition) is 7. The van der Waals surface area contributed by atoms with Gasteiger partial charge in [0, 0.05) is 31.9 Å². The summed E-state index contributed by atoms with van der Waals surface area (Å²) in [5, 5.41) is 8.73. The third-order valence-electron chi connectivity index (χ3n) is 5.44. The number of nitrogens with zero attached hydrogens (tertiary/aromatic N) is 3. The first-order valence-corrected chi connectivity index (χ1v) is 11.5. The smallest absolute Gasteiger partial charge is 0.225 e. The highest BCUT2D eigenvalue weighted by atomic mass is 32.1. The van der Waals surface area contributed by atoms with E-state index in [9.17, 15) is 4.39 Å². The molecule has 32 heavy (non-hydrogen) atoms. The fourth-order valence-electron chi connectivity index (χ4n) is 3.68. The zero-order valence-electron chi connectivity index (χ0n) is 17.6. The van der Waals surface area contributed by atoms with Gasteiger partial charge in [-0.1, -0.05) is 24.3 Å². The van der Waals surface area contributed by atoms with Gasteiger partial charge in [-0.2, -0.15) is 4.98 Å². The van der Waals surface area contributed by atoms with Gasteiger partial charge in [-0.3, -0.25) is 0 Å². The minimum atomic E-state index is -0.235. The van der Waals surface area contributed by atoms with Gasteiger partial charge in [0.15, 0.2) is 0 Å². The molecule has 6 nitrogen and oxygen atoms in total. The number of nitrogens with one attached hydrogen (secondary N) is 2. The monoisotopic (exact) mass is 449 g/mol. The second kappa shape index (κ2) is 9.50. The molecule has 0 saturated carbocycles. The highest BCUT2D eigenvalue weighted by Crippen LogP contribution is 2.28. The van der Waals surface area contributed by atoms with Crippen LogP contribution < -0.4 is 15.5 Å². The predicted octanol–water partition coefficient (Wildman–Crippen LogP) is 4.89. The number of halogens is 1. The first kappa shape index (κ1) is 20.7. The van der Waals surface area contributed by atoms with Gasteiger partial charge in [0.2, 0.25) is 5.95 Å². The Morgan fingerprint density at radius 3 is 2.31 bits per heavy atom. The van der Waals surface area contributed by atoms with E-state index in [4.69, 9.17) is 9.72 Å². The predicted molar refractivity (Wildman–Crippen MR) is 128 cm³/mol. The first-order valence-electron chi connectivity index (χ1n) is 10.6. The molecule has 4 aromatic rings. The van der Waals surface area contributed by atoms with Gasteiger partial charge in [-0.15, -0.1) is 11.3 Å². The Kier molecular flexibility index (Phi) is 6.13. The third-order valence-corrected chi connectivity index (χ3v) is 6.35. The molecule has 0 bridgehead atoms. The van der Waals surface area contributed by atoms with E-state index in [1.54, 1.807) is 23.5 Å². The van der Waals surface area contributed by atoms with Crippen LogP contribution in [-0.2, 0) is 17.8 Å². The van der Waals surface area contributed by atoms with Gasteiger partial charge in [0.05, 0.1) is 23.4 Å². The molecular weight excluding hydrogens is 425 g/mol. The summed E-state index contributed by atoms with van der Waals surface area (Å²) in [6.07, 6.45) is 0. The molecule has 1 saturated heterocycles. The van der Waals surface area contributed by atoms with Crippen molar-refractivity contribution in [1.82, 2.24) is 9.97 Å². The van der Waals surface area contributed by atoms with Crippen LogP contribution in [-0.4, -0.2) is 36.3 Å². The maximum atomic E-state index is 13.2. The lowest BCUT2D eigenvalue weighted by Crippen LogP contribution is -2.36. The van der Waals surface area contributed by atoms with Gasteiger partial charge in [-0.25, -0.2) is 9.37 Å². The van der Waals surface area contributed by atoms with Crippen molar-refractivity contribution in [2.45, 2.75) is 13.1 Å². The second-order valence-corrected chi connectivity index (χ2v) is 8.55. The molecule has 0 atom stereocenters. The molecule has 3 heterocycles. The maximum Gasteiger partial charge on any atom is 0.225 e. The van der Waals surface area contributed by atoms with Crippen molar-refractivity contribution in [1.29, 1.82) is 0 Å². The quantitative estimate of drug-likeness (QED) is 0.419. The van der Waals surface area contributed by atoms with Crippen LogP contribution in [0.4, 0.5) is 21.8 Å². The molecule has 0 radical (unpaired) electrons. The summed E-state index contributed by atoms with van der Waals surface area (Å²) in [5.74, 6) is 1.12. The van der Waals surface area contributed by atoms with Crippen molar-refractivity contribution in [3.8, 4) is 0 Å². The van der Waals surface area contributed by atoms with Crippen LogP contribution in [0.1, 0.15) is 11.1 Å². The lowest BCUT2D eigenvalue weighted by molar-refractivity contribution is 0.122. The number of aromatic nitrogens is 2. The zero-order valence-corrected chi connectivity index (χ0v) is 18.4. The van der Waals surface area contributed by atoms with Crippen LogP contribution in [0.15, 0.2) is 60.0 Å². The van der Waals surface area contributed by atoms with Gasteiger partial charge < -0.3 is 20.3 Å². The molecule has 1 aliphatic rings. The average Bonchev–Trinajstić information content (AvgIpc) is 3.32. The summed E-state index contributed by atoms with van der Waals surface area (Å²) in [4.78, 5) is 11.7. The molecule has 8 heteroatoms. The molecular formula is C24H24FN5OS. The molecule has 0 spiro atoms. The number of thiophene rings is 1. The fraction of sp³-hybridized carbons (Fsp3) is 0.250. The number of fused-ring (bicyclic) bond motifs is 1. The zero-order chi connectivity index (χ0) is 21.8. The minimum Gasteiger partial charge on any atom is -0.378 e. The minimum absolute atomic E-state index is 0.235. The molecule has 164 valence electrons. The molecule has 0 amide bonds. The Morgan fingerprint density at radius 2 is 1.56 bits per heavy atom. The van der Waals surface area contributed by atoms with E-state index < -0.39 is 0 Å². The molecule has 0 aliphatic carbocycles. The molecule has 2 aromatic carbocycles. The van der Waals surface area contributed by atoms with Crippen molar-refractivity contribution in [2.75, 3.05) is 41.8 Å². The Hall–Kier alpha value is -3.23. The summed E-state index contributed by atoms with van der Waals surface area (Å²) in [6.45, 7) is 4.62. The topological polar surface area (TPSA) is 62.3 Å². The van der Waals surface area contributed by atoms with E-state index in [2.05, 4.69) is 44.8 Å². The summed E-state index contributed by atoms with van der Waals surface area (Å²) in [5.41, 5.74) is 4.28. The summed E-state index contributed by atoms with van der Waals surface area (Å²) < 4.78 is 19.6. The van der Waals surface area contributed by atoms with E-state index in [0.717, 1.165) is 53.5 Å². The number of ether oxygens (including phenoxy) is 1. The van der Waals surface area contributed by atoms with E-state index >= 15 is 0 Å². The van der Waals surface area contributed by atoms with Crippen molar-refractivity contribution in [3.63, 3.8) is 0 Å². The van der Waals surface area contributed by atoms with Gasteiger partial charge >= 0.3 is 0 Å². The number of morpholine rings is 1. The van der Waals surface area contributed by atoms with Crippen molar-refractivity contribution in [3.05, 3.63) is 76.9 Å². The standard InChI is InChI=1S/C24H24FN5OS/c25-19-5-1-17(2-6-19)15-26-23-22-21(9-14-32-22)28-24(29-23)27-16-18-3-7-20(8-4-18)30-10-12-31-13-11-30/h1-9,14H,10-13,15-16H2,(H2,26,27,28,29). The average molecular weight is 450 g/mol. The number of benzene rings is 2. The molecule has 2 N–H and O–H groups in total. The van der Waals surface area contributed by atoms with Crippen LogP contribution in [0.5, 0.6) is 0 Å². The SMILES string of the molecule is Fc1ccc(CNc2nc(NCc3ccc(N4CCOCC4)cc3)nc3ccsc23)cc1. The van der Waals surface area contributed by atoms with E-state index in [-0.39, 0.29) is 5.82 Å². The summed E-state index contributed by atoms with van der Waals surface area (Å²) in [6, 6.07) is 17.0. The third kappa shape index (κ3) is 4.81. The summed E-state index contributed by atoms with van der Waals surface area (Å²) in [7, 11) is 0. The van der Waals surface area contributed by atoms with Crippen molar-refractivity contribution < 1.29 is 9.13 Å². The number of anilines is 3. The van der Waals surface area contributed by atoms with E-state index in [0.29, 0.717) is 19.0 Å². The lowest BCUT2D eigenvalue weighted by atomic mass is 10.2. The highest BCUT2D eigenvalue weighted by Gasteiger charge is 2.12. The molecule has 0 unspecified atom stereocenters. The van der Waals surface area contributed by atoms with Crippen LogP contribution in [0, 0.1) is 5.82 Å². The first-order chi connectivity index (χ1) is 15.7. The molecule has 2 aromatic heterocycles. The normalized spacial score (nSPS) is 14.0. The van der Waals surface area contributed by atoms with Gasteiger partial charge in [-0.05, 0) is 46.8 Å². The Balaban J connectivity index is 1.26. The molecule has 5 rings (SSSR count). The van der Waals surface area contributed by atoms with E-state index in [1.807, 2.05) is 11.4 Å². The largest absolute Gasteiger partial charge is 0.378 e. The van der Waals surface area contributed by atoms with E-state index in [1.165, 1.54) is 17.8 Å². The molecule has 1 fully saturated rings. The summed E-state index contributed by atoms with van der Waals surface area (Å²) >= 11 is 1.60. The lowest BCUT2D eigenvalue weighted by Gasteiger charge is -2.28. The van der Waals surface area contributed by atoms with Crippen LogP contribution in [0.2, 0.25) is 0 Å². The Morgan fingerprint density at radius 1 is 0.875 bits per heavy atom. The Labute approximate surface area is 190 Å². The Bertz CT molecular complexity index is 1170. The van der Waals surface area contributed by atoms with Crippen molar-refractivity contribution >= 4 is 39.0 Å². The van der Waals surface area contributed by atoms with Gasteiger partial charge in [0.1, 0.15) is 11.6 Å². The maximum absolute atomic E-state index is 13.2. The van der Waals surface area contributed by atoms with Crippen molar-refractivity contribution in [2.24, 2.45) is 0 Å². The second-order valence-electron chi connectivity index (χ2n) is 7.63. The van der Waals surface area contributed by atoms with Crippen LogP contribution in [0.3, 0.4) is 0 Å². The van der Waals surface area contributed by atoms with Gasteiger partial charge in [0.25, 0.3) is 0 Å². The number of rotatable bonds is 7. The van der Waals surface area contributed by atoms with Crippen LogP contribution >= 0.6 is 11.3 Å². The fourth-order valence-corrected chi connectivity index (χ4v) is 4.47.